The Morgan fingerprint density at radius 3 is 2.50 bits per heavy atom. The zero-order chi connectivity index (χ0) is 27.4. The number of hydrogen-bond acceptors (Lipinski definition) is 5. The zero-order valence-electron chi connectivity index (χ0n) is 20.2. The highest BCUT2D eigenvalue weighted by atomic mass is 35.5. The molecule has 4 rings (SSSR count). The van der Waals surface area contributed by atoms with Gasteiger partial charge in [0.2, 0.25) is 5.91 Å². The van der Waals surface area contributed by atoms with Crippen molar-refractivity contribution < 1.29 is 14.0 Å². The Morgan fingerprint density at radius 1 is 0.974 bits per heavy atom. The summed E-state index contributed by atoms with van der Waals surface area (Å²) in [6.07, 6.45) is 0. The van der Waals surface area contributed by atoms with Crippen molar-refractivity contribution in [2.24, 2.45) is 0 Å². The molecule has 0 aliphatic heterocycles. The molecule has 4 aromatic rings. The van der Waals surface area contributed by atoms with Crippen LogP contribution in [-0.2, 0) is 11.3 Å². The van der Waals surface area contributed by atoms with Crippen LogP contribution in [0.1, 0.15) is 27.3 Å². The number of benzene rings is 3. The Morgan fingerprint density at radius 2 is 1.76 bits per heavy atom. The fourth-order valence-corrected chi connectivity index (χ4v) is 4.85. The number of amides is 2. The lowest BCUT2D eigenvalue weighted by Gasteiger charge is -2.13. The van der Waals surface area contributed by atoms with Gasteiger partial charge in [0, 0.05) is 5.69 Å². The minimum Gasteiger partial charge on any atom is -0.345 e. The van der Waals surface area contributed by atoms with Crippen LogP contribution in [0.25, 0.3) is 5.69 Å². The van der Waals surface area contributed by atoms with Crippen molar-refractivity contribution >= 4 is 64.1 Å². The van der Waals surface area contributed by atoms with Crippen molar-refractivity contribution in [3.05, 3.63) is 98.0 Å². The molecule has 2 N–H and O–H groups in total. The number of anilines is 1. The average molecular weight is 593 g/mol. The van der Waals surface area contributed by atoms with Gasteiger partial charge >= 0.3 is 0 Å². The summed E-state index contributed by atoms with van der Waals surface area (Å²) in [6.45, 7) is 3.76. The number of thioether (sulfide) groups is 1. The van der Waals surface area contributed by atoms with E-state index in [2.05, 4.69) is 20.8 Å². The van der Waals surface area contributed by atoms with Gasteiger partial charge in [0.05, 0.1) is 38.6 Å². The molecule has 0 spiro atoms. The quantitative estimate of drug-likeness (QED) is 0.224. The van der Waals surface area contributed by atoms with Crippen molar-refractivity contribution in [2.75, 3.05) is 11.1 Å². The first-order valence-electron chi connectivity index (χ1n) is 11.3. The van der Waals surface area contributed by atoms with E-state index in [9.17, 15) is 14.0 Å². The Balaban J connectivity index is 1.56. The van der Waals surface area contributed by atoms with Gasteiger partial charge in [0.25, 0.3) is 5.91 Å². The molecule has 0 aliphatic carbocycles. The molecule has 2 amide bonds. The molecule has 0 aliphatic rings. The predicted octanol–water partition coefficient (Wildman–Crippen LogP) is 6.64. The summed E-state index contributed by atoms with van der Waals surface area (Å²) >= 11 is 19.5. The maximum atomic E-state index is 14.2. The second kappa shape index (κ2) is 12.2. The Kier molecular flexibility index (Phi) is 8.94. The van der Waals surface area contributed by atoms with Gasteiger partial charge in [0.15, 0.2) is 11.0 Å². The third kappa shape index (κ3) is 6.47. The lowest BCUT2D eigenvalue weighted by atomic mass is 10.1. The normalized spacial score (nSPS) is 10.9. The third-order valence-electron chi connectivity index (χ3n) is 5.46. The van der Waals surface area contributed by atoms with Crippen molar-refractivity contribution in [3.63, 3.8) is 0 Å². The Labute approximate surface area is 237 Å². The monoisotopic (exact) mass is 591 g/mol. The summed E-state index contributed by atoms with van der Waals surface area (Å²) in [4.78, 5) is 25.4. The van der Waals surface area contributed by atoms with Crippen molar-refractivity contribution in [1.29, 1.82) is 0 Å². The third-order valence-corrected chi connectivity index (χ3v) is 7.44. The summed E-state index contributed by atoms with van der Waals surface area (Å²) in [5.41, 5.74) is 3.00. The first kappa shape index (κ1) is 27.9. The molecule has 0 fully saturated rings. The van der Waals surface area contributed by atoms with Gasteiger partial charge in [-0.3, -0.25) is 14.2 Å². The minimum absolute atomic E-state index is 0.0143. The molecular weight excluding hydrogens is 572 g/mol. The van der Waals surface area contributed by atoms with Crippen LogP contribution >= 0.6 is 46.6 Å². The van der Waals surface area contributed by atoms with E-state index in [1.54, 1.807) is 22.8 Å². The zero-order valence-corrected chi connectivity index (χ0v) is 23.3. The number of rotatable bonds is 8. The molecule has 1 aromatic heterocycles. The lowest BCUT2D eigenvalue weighted by Crippen LogP contribution is -2.26. The van der Waals surface area contributed by atoms with Gasteiger partial charge in [-0.2, -0.15) is 0 Å². The summed E-state index contributed by atoms with van der Waals surface area (Å²) in [5, 5.41) is 15.0. The first-order valence-corrected chi connectivity index (χ1v) is 13.4. The van der Waals surface area contributed by atoms with E-state index in [-0.39, 0.29) is 28.8 Å². The van der Waals surface area contributed by atoms with Crippen LogP contribution in [0.4, 0.5) is 10.1 Å². The van der Waals surface area contributed by atoms with Gasteiger partial charge in [-0.1, -0.05) is 64.8 Å². The molecule has 3 aromatic carbocycles. The highest BCUT2D eigenvalue weighted by Crippen LogP contribution is 2.29. The predicted molar refractivity (Wildman–Crippen MR) is 149 cm³/mol. The summed E-state index contributed by atoms with van der Waals surface area (Å²) < 4.78 is 15.8. The van der Waals surface area contributed by atoms with Crippen LogP contribution < -0.4 is 10.6 Å². The highest BCUT2D eigenvalue weighted by Gasteiger charge is 2.20. The lowest BCUT2D eigenvalue weighted by molar-refractivity contribution is -0.113. The van der Waals surface area contributed by atoms with Crippen LogP contribution in [0, 0.1) is 19.7 Å². The fraction of sp³-hybridized carbons (Fsp3) is 0.154. The number of aromatic nitrogens is 3. The molecule has 0 radical (unpaired) electrons. The van der Waals surface area contributed by atoms with Crippen LogP contribution in [0.5, 0.6) is 0 Å². The maximum absolute atomic E-state index is 14.2. The molecule has 0 bridgehead atoms. The van der Waals surface area contributed by atoms with E-state index in [4.69, 9.17) is 34.8 Å². The van der Waals surface area contributed by atoms with Gasteiger partial charge < -0.3 is 10.6 Å². The van der Waals surface area contributed by atoms with Gasteiger partial charge in [0.1, 0.15) is 5.82 Å². The second-order valence-electron chi connectivity index (χ2n) is 8.27. The van der Waals surface area contributed by atoms with E-state index >= 15 is 0 Å². The molecule has 0 saturated carbocycles. The molecular formula is C26H21Cl3FN5O2S. The number of aryl methyl sites for hydroxylation is 2. The number of carbonyl (C=O) groups excluding carboxylic acids is 2. The Hall–Kier alpha value is -3.11. The fourth-order valence-electron chi connectivity index (χ4n) is 3.54. The number of nitrogens with one attached hydrogen (secondary N) is 2. The van der Waals surface area contributed by atoms with E-state index in [1.165, 1.54) is 12.1 Å². The number of hydrogen-bond donors (Lipinski definition) is 2. The van der Waals surface area contributed by atoms with Crippen LogP contribution in [0.3, 0.4) is 0 Å². The van der Waals surface area contributed by atoms with Crippen LogP contribution in [-0.4, -0.2) is 32.3 Å². The minimum atomic E-state index is -0.743. The van der Waals surface area contributed by atoms with Gasteiger partial charge in [-0.05, 0) is 61.4 Å². The average Bonchev–Trinajstić information content (AvgIpc) is 3.28. The van der Waals surface area contributed by atoms with Crippen molar-refractivity contribution in [3.8, 4) is 5.69 Å². The Bertz CT molecular complexity index is 1510. The number of carbonyl (C=O) groups is 2. The van der Waals surface area contributed by atoms with E-state index < -0.39 is 11.7 Å². The molecule has 0 unspecified atom stereocenters. The van der Waals surface area contributed by atoms with Crippen LogP contribution in [0.15, 0.2) is 59.8 Å². The summed E-state index contributed by atoms with van der Waals surface area (Å²) in [6, 6.07) is 14.7. The first-order chi connectivity index (χ1) is 18.1. The highest BCUT2D eigenvalue weighted by molar-refractivity contribution is 7.99. The topological polar surface area (TPSA) is 88.9 Å². The van der Waals surface area contributed by atoms with Crippen molar-refractivity contribution in [1.82, 2.24) is 20.1 Å². The van der Waals surface area contributed by atoms with Gasteiger partial charge in [-0.15, -0.1) is 10.2 Å². The molecule has 0 saturated heterocycles. The largest absolute Gasteiger partial charge is 0.345 e. The molecule has 38 heavy (non-hydrogen) atoms. The van der Waals surface area contributed by atoms with Gasteiger partial charge in [-0.25, -0.2) is 4.39 Å². The standard InChI is InChI=1S/C26H21Cl3FN5O2S/c1-14-6-7-15(2)21(10-14)32-23(36)13-38-26-34-33-22(35(26)16-8-9-17(27)19(29)11-16)12-31-25(37)24-18(28)4-3-5-20(24)30/h3-11H,12-13H2,1-2H3,(H,31,37)(H,32,36). The smallest absolute Gasteiger partial charge is 0.256 e. The molecule has 12 heteroatoms. The second-order valence-corrected chi connectivity index (χ2v) is 10.4. The van der Waals surface area contributed by atoms with Crippen molar-refractivity contribution in [2.45, 2.75) is 25.5 Å². The molecule has 1 heterocycles. The maximum Gasteiger partial charge on any atom is 0.256 e. The van der Waals surface area contributed by atoms with Crippen LogP contribution in [0.2, 0.25) is 15.1 Å². The molecule has 0 atom stereocenters. The van der Waals surface area contributed by atoms with E-state index in [0.29, 0.717) is 26.7 Å². The van der Waals surface area contributed by atoms with E-state index in [0.717, 1.165) is 34.6 Å². The number of halogens is 4. The SMILES string of the molecule is Cc1ccc(C)c(NC(=O)CSc2nnc(CNC(=O)c3c(F)cccc3Cl)n2-c2ccc(Cl)c(Cl)c2)c1. The summed E-state index contributed by atoms with van der Waals surface area (Å²) in [7, 11) is 0. The number of nitrogens with zero attached hydrogens (tertiary/aromatic N) is 3. The molecule has 7 nitrogen and oxygen atoms in total. The summed E-state index contributed by atoms with van der Waals surface area (Å²) in [5.74, 6) is -1.31. The molecule has 196 valence electrons. The van der Waals surface area contributed by atoms with E-state index in [1.807, 2.05) is 32.0 Å².